The highest BCUT2D eigenvalue weighted by molar-refractivity contribution is 6.30. The van der Waals surface area contributed by atoms with Crippen LogP contribution in [0, 0.1) is 0 Å². The number of carbonyl (C=O) groups is 1. The van der Waals surface area contributed by atoms with Gasteiger partial charge in [0.25, 0.3) is 0 Å². The number of nitrogens with one attached hydrogen (secondary N) is 1. The van der Waals surface area contributed by atoms with Crippen LogP contribution >= 0.6 is 24.0 Å². The first-order valence-electron chi connectivity index (χ1n) is 9.84. The van der Waals surface area contributed by atoms with Crippen molar-refractivity contribution in [1.82, 2.24) is 9.88 Å². The fourth-order valence-electron chi connectivity index (χ4n) is 3.64. The number of halogens is 2. The minimum absolute atomic E-state index is 0. The molecule has 0 saturated heterocycles. The van der Waals surface area contributed by atoms with Crippen LogP contribution in [0.3, 0.4) is 0 Å². The molecule has 4 rings (SSSR count). The molecule has 0 radical (unpaired) electrons. The van der Waals surface area contributed by atoms with Crippen molar-refractivity contribution in [2.24, 2.45) is 0 Å². The van der Waals surface area contributed by atoms with Crippen molar-refractivity contribution in [1.29, 1.82) is 0 Å². The van der Waals surface area contributed by atoms with E-state index in [1.807, 2.05) is 48.5 Å². The van der Waals surface area contributed by atoms with Gasteiger partial charge in [-0.15, -0.1) is 12.4 Å². The fraction of sp³-hybridized carbons (Fsp3) is 0.250. The molecule has 156 valence electrons. The van der Waals surface area contributed by atoms with Gasteiger partial charge in [0.2, 0.25) is 5.91 Å². The summed E-state index contributed by atoms with van der Waals surface area (Å²) in [5.41, 5.74) is 7.52. The average Bonchev–Trinajstić information content (AvgIpc) is 3.18. The van der Waals surface area contributed by atoms with E-state index in [0.29, 0.717) is 11.4 Å². The summed E-state index contributed by atoms with van der Waals surface area (Å²) in [7, 11) is 3.56. The van der Waals surface area contributed by atoms with Crippen molar-refractivity contribution in [3.8, 4) is 11.3 Å². The maximum Gasteiger partial charge on any atom is 0.226 e. The minimum Gasteiger partial charge on any atom is -0.355 e. The molecular weight excluding hydrogens is 417 g/mol. The smallest absolute Gasteiger partial charge is 0.226 e. The van der Waals surface area contributed by atoms with Gasteiger partial charge < -0.3 is 10.2 Å². The van der Waals surface area contributed by atoms with Crippen LogP contribution in [0.4, 0.5) is 11.4 Å². The number of carbonyl (C=O) groups excluding carboxylic acids is 1. The Hall–Kier alpha value is -2.56. The summed E-state index contributed by atoms with van der Waals surface area (Å²) in [6.07, 6.45) is 3.58. The van der Waals surface area contributed by atoms with Gasteiger partial charge in [0, 0.05) is 41.8 Å². The molecule has 0 saturated carbocycles. The predicted octanol–water partition coefficient (Wildman–Crippen LogP) is 5.69. The zero-order valence-corrected chi connectivity index (χ0v) is 18.7. The Morgan fingerprint density at radius 3 is 2.57 bits per heavy atom. The Balaban J connectivity index is 0.00000256. The Morgan fingerprint density at radius 1 is 1.10 bits per heavy atom. The van der Waals surface area contributed by atoms with E-state index in [9.17, 15) is 4.79 Å². The van der Waals surface area contributed by atoms with Gasteiger partial charge in [0.15, 0.2) is 0 Å². The third kappa shape index (κ3) is 4.94. The van der Waals surface area contributed by atoms with Gasteiger partial charge in [-0.25, -0.2) is 0 Å². The summed E-state index contributed by atoms with van der Waals surface area (Å²) in [5, 5.41) is 4.27. The van der Waals surface area contributed by atoms with Crippen molar-refractivity contribution in [3.63, 3.8) is 0 Å². The molecule has 0 atom stereocenters. The SMILES string of the molecule is CN(C)C(=O)Cc1ccc(Nc2cc(-c3cccc(Cl)c3)nc3c2CCC3)cc1.Cl. The van der Waals surface area contributed by atoms with Crippen molar-refractivity contribution >= 4 is 41.3 Å². The predicted molar refractivity (Wildman–Crippen MR) is 126 cm³/mol. The van der Waals surface area contributed by atoms with Gasteiger partial charge >= 0.3 is 0 Å². The molecular formula is C24H25Cl2N3O. The minimum atomic E-state index is 0. The lowest BCUT2D eigenvalue weighted by Crippen LogP contribution is -2.23. The lowest BCUT2D eigenvalue weighted by molar-refractivity contribution is -0.127. The summed E-state index contributed by atoms with van der Waals surface area (Å²) in [5.74, 6) is 0.101. The first kappa shape index (κ1) is 22.1. The number of aryl methyl sites for hydroxylation is 1. The van der Waals surface area contributed by atoms with Crippen LogP contribution in [0.5, 0.6) is 0 Å². The van der Waals surface area contributed by atoms with Crippen LogP contribution in [0.1, 0.15) is 23.2 Å². The molecule has 1 aliphatic carbocycles. The number of rotatable bonds is 5. The zero-order valence-electron chi connectivity index (χ0n) is 17.1. The van der Waals surface area contributed by atoms with Crippen LogP contribution in [-0.4, -0.2) is 29.9 Å². The number of hydrogen-bond donors (Lipinski definition) is 1. The second-order valence-electron chi connectivity index (χ2n) is 7.63. The molecule has 2 aromatic carbocycles. The van der Waals surface area contributed by atoms with Gasteiger partial charge in [-0.3, -0.25) is 9.78 Å². The molecule has 1 amide bonds. The zero-order chi connectivity index (χ0) is 20.4. The highest BCUT2D eigenvalue weighted by Crippen LogP contribution is 2.34. The Bertz CT molecular complexity index is 1050. The van der Waals surface area contributed by atoms with Gasteiger partial charge in [0.1, 0.15) is 0 Å². The largest absolute Gasteiger partial charge is 0.355 e. The molecule has 1 N–H and O–H groups in total. The van der Waals surface area contributed by atoms with E-state index in [1.165, 1.54) is 5.56 Å². The van der Waals surface area contributed by atoms with E-state index in [0.717, 1.165) is 53.2 Å². The Kier molecular flexibility index (Phi) is 7.01. The number of nitrogens with zero attached hydrogens (tertiary/aromatic N) is 2. The first-order chi connectivity index (χ1) is 14.0. The molecule has 0 unspecified atom stereocenters. The number of benzene rings is 2. The fourth-order valence-corrected chi connectivity index (χ4v) is 3.83. The second kappa shape index (κ2) is 9.50. The number of amides is 1. The normalized spacial score (nSPS) is 12.1. The molecule has 0 bridgehead atoms. The first-order valence-corrected chi connectivity index (χ1v) is 10.2. The van der Waals surface area contributed by atoms with E-state index >= 15 is 0 Å². The summed E-state index contributed by atoms with van der Waals surface area (Å²) in [6.45, 7) is 0. The summed E-state index contributed by atoms with van der Waals surface area (Å²) < 4.78 is 0. The molecule has 6 heteroatoms. The number of hydrogen-bond acceptors (Lipinski definition) is 3. The summed E-state index contributed by atoms with van der Waals surface area (Å²) >= 11 is 6.18. The third-order valence-corrected chi connectivity index (χ3v) is 5.49. The topological polar surface area (TPSA) is 45.2 Å². The van der Waals surface area contributed by atoms with E-state index in [1.54, 1.807) is 19.0 Å². The lowest BCUT2D eigenvalue weighted by Gasteiger charge is -2.15. The maximum atomic E-state index is 11.9. The van der Waals surface area contributed by atoms with Crippen LogP contribution in [0.25, 0.3) is 11.3 Å². The monoisotopic (exact) mass is 441 g/mol. The maximum absolute atomic E-state index is 11.9. The summed E-state index contributed by atoms with van der Waals surface area (Å²) in [6, 6.07) is 18.0. The third-order valence-electron chi connectivity index (χ3n) is 5.26. The van der Waals surface area contributed by atoms with E-state index in [4.69, 9.17) is 16.6 Å². The van der Waals surface area contributed by atoms with E-state index in [2.05, 4.69) is 11.4 Å². The number of fused-ring (bicyclic) bond motifs is 1. The second-order valence-corrected chi connectivity index (χ2v) is 8.07. The molecule has 4 nitrogen and oxygen atoms in total. The van der Waals surface area contributed by atoms with E-state index < -0.39 is 0 Å². The number of aromatic nitrogens is 1. The number of pyridine rings is 1. The van der Waals surface area contributed by atoms with Gasteiger partial charge in [-0.1, -0.05) is 35.9 Å². The molecule has 0 spiro atoms. The van der Waals surface area contributed by atoms with E-state index in [-0.39, 0.29) is 18.3 Å². The molecule has 1 heterocycles. The van der Waals surface area contributed by atoms with Crippen molar-refractivity contribution < 1.29 is 4.79 Å². The standard InChI is InChI=1S/C24H24ClN3O.ClH/c1-28(2)24(29)13-16-9-11-19(12-10-16)26-23-15-22(17-5-3-6-18(25)14-17)27-21-8-4-7-20(21)23;/h3,5-6,9-12,14-15H,4,7-8,13H2,1-2H3,(H,26,27);1H. The molecule has 1 aliphatic rings. The average molecular weight is 442 g/mol. The Labute approximate surface area is 188 Å². The van der Waals surface area contributed by atoms with Crippen LogP contribution in [0.2, 0.25) is 5.02 Å². The molecule has 3 aromatic rings. The molecule has 1 aromatic heterocycles. The Morgan fingerprint density at radius 2 is 1.87 bits per heavy atom. The van der Waals surface area contributed by atoms with Gasteiger partial charge in [-0.2, -0.15) is 0 Å². The number of anilines is 2. The number of likely N-dealkylation sites (N-methyl/N-ethyl adjacent to an activating group) is 1. The van der Waals surface area contributed by atoms with Crippen molar-refractivity contribution in [2.45, 2.75) is 25.7 Å². The van der Waals surface area contributed by atoms with Crippen LogP contribution < -0.4 is 5.32 Å². The van der Waals surface area contributed by atoms with Crippen molar-refractivity contribution in [3.05, 3.63) is 76.4 Å². The molecule has 0 aliphatic heterocycles. The van der Waals surface area contributed by atoms with Gasteiger partial charge in [0.05, 0.1) is 12.1 Å². The molecule has 30 heavy (non-hydrogen) atoms. The van der Waals surface area contributed by atoms with Gasteiger partial charge in [-0.05, 0) is 60.7 Å². The molecule has 0 fully saturated rings. The highest BCUT2D eigenvalue weighted by Gasteiger charge is 2.19. The quantitative estimate of drug-likeness (QED) is 0.553. The van der Waals surface area contributed by atoms with Crippen molar-refractivity contribution in [2.75, 3.05) is 19.4 Å². The lowest BCUT2D eigenvalue weighted by atomic mass is 10.1. The van der Waals surface area contributed by atoms with Crippen LogP contribution in [-0.2, 0) is 24.1 Å². The summed E-state index contributed by atoms with van der Waals surface area (Å²) in [4.78, 5) is 18.4. The van der Waals surface area contributed by atoms with Crippen LogP contribution in [0.15, 0.2) is 54.6 Å². The highest BCUT2D eigenvalue weighted by atomic mass is 35.5.